The molecular weight excluding hydrogens is 363 g/mol. The topological polar surface area (TPSA) is 56.7 Å². The molecule has 0 radical (unpaired) electrons. The third-order valence-corrected chi connectivity index (χ3v) is 3.95. The second kappa shape index (κ2) is 6.11. The molecule has 5 nitrogen and oxygen atoms in total. The highest BCUT2D eigenvalue weighted by molar-refractivity contribution is 9.10. The van der Waals surface area contributed by atoms with Gasteiger partial charge in [-0.15, -0.1) is 11.6 Å². The summed E-state index contributed by atoms with van der Waals surface area (Å²) in [4.78, 5) is 8.51. The van der Waals surface area contributed by atoms with E-state index in [4.69, 9.17) is 16.1 Å². The number of aryl methyl sites for hydroxylation is 3. The van der Waals surface area contributed by atoms with Crippen LogP contribution in [0.5, 0.6) is 0 Å². The smallest absolute Gasteiger partial charge is 0.213 e. The summed E-state index contributed by atoms with van der Waals surface area (Å²) < 4.78 is 20.8. The Hall–Kier alpha value is -1.47. The summed E-state index contributed by atoms with van der Waals surface area (Å²) in [6, 6.07) is 3.15. The highest BCUT2D eigenvalue weighted by atomic mass is 79.9. The van der Waals surface area contributed by atoms with Crippen LogP contribution in [0.2, 0.25) is 0 Å². The number of nitrogens with zero attached hydrogens (tertiary/aromatic N) is 4. The van der Waals surface area contributed by atoms with Crippen molar-refractivity contribution in [3.05, 3.63) is 40.5 Å². The third-order valence-electron chi connectivity index (χ3n) is 3.15. The Labute approximate surface area is 133 Å². The molecule has 0 N–H and O–H groups in total. The average molecular weight is 374 g/mol. The number of alkyl halides is 1. The van der Waals surface area contributed by atoms with Gasteiger partial charge in [-0.05, 0) is 22.0 Å². The predicted molar refractivity (Wildman–Crippen MR) is 79.8 cm³/mol. The van der Waals surface area contributed by atoms with E-state index >= 15 is 0 Å². The van der Waals surface area contributed by atoms with Crippen LogP contribution < -0.4 is 0 Å². The number of benzene rings is 1. The molecule has 0 saturated carbocycles. The minimum atomic E-state index is -0.319. The first-order valence-corrected chi connectivity index (χ1v) is 7.67. The lowest BCUT2D eigenvalue weighted by atomic mass is 10.3. The summed E-state index contributed by atoms with van der Waals surface area (Å²) in [6.45, 7) is 0.587. The van der Waals surface area contributed by atoms with Gasteiger partial charge in [0.15, 0.2) is 5.82 Å². The van der Waals surface area contributed by atoms with Gasteiger partial charge in [-0.2, -0.15) is 4.98 Å². The summed E-state index contributed by atoms with van der Waals surface area (Å²) in [7, 11) is 0. The van der Waals surface area contributed by atoms with Gasteiger partial charge in [0.1, 0.15) is 11.6 Å². The van der Waals surface area contributed by atoms with Crippen molar-refractivity contribution in [1.82, 2.24) is 19.7 Å². The molecule has 0 unspecified atom stereocenters. The molecule has 3 rings (SSSR count). The molecule has 0 saturated heterocycles. The van der Waals surface area contributed by atoms with Gasteiger partial charge in [0.05, 0.1) is 15.5 Å². The maximum atomic E-state index is 13.8. The molecule has 0 aliphatic carbocycles. The molecule has 0 atom stereocenters. The number of imidazole rings is 1. The first kappa shape index (κ1) is 14.5. The molecule has 0 spiro atoms. The number of hydrogen-bond acceptors (Lipinski definition) is 4. The van der Waals surface area contributed by atoms with E-state index in [1.807, 2.05) is 4.57 Å². The normalized spacial score (nSPS) is 11.4. The SMILES string of the molecule is Fc1cc2c(cc1Br)nc(CCCl)n2CCc1ncon1. The van der Waals surface area contributed by atoms with Gasteiger partial charge in [0.25, 0.3) is 0 Å². The van der Waals surface area contributed by atoms with Gasteiger partial charge in [-0.25, -0.2) is 9.37 Å². The van der Waals surface area contributed by atoms with Crippen molar-refractivity contribution in [3.8, 4) is 0 Å². The highest BCUT2D eigenvalue weighted by Crippen LogP contribution is 2.24. The first-order valence-electron chi connectivity index (χ1n) is 6.34. The van der Waals surface area contributed by atoms with Crippen molar-refractivity contribution in [2.45, 2.75) is 19.4 Å². The average Bonchev–Trinajstić information content (AvgIpc) is 3.06. The zero-order valence-electron chi connectivity index (χ0n) is 10.9. The Balaban J connectivity index is 2.00. The molecular formula is C13H11BrClFN4O. The van der Waals surface area contributed by atoms with Gasteiger partial charge in [0, 0.05) is 31.3 Å². The van der Waals surface area contributed by atoms with Crippen LogP contribution in [0.15, 0.2) is 27.5 Å². The van der Waals surface area contributed by atoms with Crippen molar-refractivity contribution in [2.24, 2.45) is 0 Å². The molecule has 21 heavy (non-hydrogen) atoms. The van der Waals surface area contributed by atoms with Crippen molar-refractivity contribution >= 4 is 38.6 Å². The standard InChI is InChI=1S/C13H11BrClFN4O/c14-8-5-10-11(6-9(8)16)20(13(18-10)1-3-15)4-2-12-17-7-21-19-12/h5-7H,1-4H2. The summed E-state index contributed by atoms with van der Waals surface area (Å²) in [5, 5.41) is 3.78. The van der Waals surface area contributed by atoms with E-state index in [-0.39, 0.29) is 5.82 Å². The summed E-state index contributed by atoms with van der Waals surface area (Å²) in [5.74, 6) is 1.56. The summed E-state index contributed by atoms with van der Waals surface area (Å²) >= 11 is 9.00. The minimum absolute atomic E-state index is 0.319. The van der Waals surface area contributed by atoms with Gasteiger partial charge < -0.3 is 9.09 Å². The Morgan fingerprint density at radius 1 is 1.33 bits per heavy atom. The van der Waals surface area contributed by atoms with Gasteiger partial charge in [-0.3, -0.25) is 0 Å². The van der Waals surface area contributed by atoms with Crippen LogP contribution in [0, 0.1) is 5.82 Å². The summed E-state index contributed by atoms with van der Waals surface area (Å²) in [6.07, 6.45) is 2.48. The van der Waals surface area contributed by atoms with Crippen molar-refractivity contribution in [1.29, 1.82) is 0 Å². The van der Waals surface area contributed by atoms with Crippen molar-refractivity contribution in [3.63, 3.8) is 0 Å². The number of aromatic nitrogens is 4. The van der Waals surface area contributed by atoms with Gasteiger partial charge in [0.2, 0.25) is 6.39 Å². The van der Waals surface area contributed by atoms with Gasteiger partial charge in [-0.1, -0.05) is 5.16 Å². The van der Waals surface area contributed by atoms with E-state index < -0.39 is 0 Å². The van der Waals surface area contributed by atoms with Crippen LogP contribution in [-0.2, 0) is 19.4 Å². The largest absolute Gasteiger partial charge is 0.343 e. The second-order valence-corrected chi connectivity index (χ2v) is 5.70. The molecule has 8 heteroatoms. The molecule has 110 valence electrons. The van der Waals surface area contributed by atoms with Crippen LogP contribution >= 0.6 is 27.5 Å². The van der Waals surface area contributed by atoms with Crippen LogP contribution in [0.1, 0.15) is 11.6 Å². The third kappa shape index (κ3) is 2.94. The fraction of sp³-hybridized carbons (Fsp3) is 0.308. The monoisotopic (exact) mass is 372 g/mol. The Morgan fingerprint density at radius 2 is 2.19 bits per heavy atom. The maximum absolute atomic E-state index is 13.8. The molecule has 0 aliphatic heterocycles. The van der Waals surface area contributed by atoms with E-state index in [2.05, 4.69) is 31.1 Å². The Bertz CT molecular complexity index is 759. The lowest BCUT2D eigenvalue weighted by molar-refractivity contribution is 0.408. The molecule has 3 aromatic rings. The molecule has 2 heterocycles. The molecule has 2 aromatic heterocycles. The van der Waals surface area contributed by atoms with Crippen LogP contribution in [0.3, 0.4) is 0 Å². The molecule has 0 fully saturated rings. The second-order valence-electron chi connectivity index (χ2n) is 4.47. The lowest BCUT2D eigenvalue weighted by Crippen LogP contribution is -2.08. The van der Waals surface area contributed by atoms with E-state index in [1.165, 1.54) is 12.5 Å². The lowest BCUT2D eigenvalue weighted by Gasteiger charge is -2.07. The highest BCUT2D eigenvalue weighted by Gasteiger charge is 2.14. The number of fused-ring (bicyclic) bond motifs is 1. The predicted octanol–water partition coefficient (Wildman–Crippen LogP) is 3.34. The minimum Gasteiger partial charge on any atom is -0.343 e. The van der Waals surface area contributed by atoms with E-state index in [9.17, 15) is 4.39 Å². The van der Waals surface area contributed by atoms with E-state index in [0.717, 1.165) is 16.9 Å². The maximum Gasteiger partial charge on any atom is 0.213 e. The van der Waals surface area contributed by atoms with Crippen LogP contribution in [0.4, 0.5) is 4.39 Å². The van der Waals surface area contributed by atoms with Crippen molar-refractivity contribution in [2.75, 3.05) is 5.88 Å². The fourth-order valence-corrected chi connectivity index (χ4v) is 2.71. The molecule has 0 aliphatic rings. The zero-order chi connectivity index (χ0) is 14.8. The van der Waals surface area contributed by atoms with Crippen LogP contribution in [-0.4, -0.2) is 25.6 Å². The van der Waals surface area contributed by atoms with E-state index in [0.29, 0.717) is 35.6 Å². The number of hydrogen-bond donors (Lipinski definition) is 0. The van der Waals surface area contributed by atoms with Crippen molar-refractivity contribution < 1.29 is 8.91 Å². The fourth-order valence-electron chi connectivity index (χ4n) is 2.21. The molecule has 0 bridgehead atoms. The molecule has 0 amide bonds. The van der Waals surface area contributed by atoms with E-state index in [1.54, 1.807) is 6.07 Å². The number of rotatable bonds is 5. The van der Waals surface area contributed by atoms with Gasteiger partial charge >= 0.3 is 0 Å². The van der Waals surface area contributed by atoms with Crippen LogP contribution in [0.25, 0.3) is 11.0 Å². The Morgan fingerprint density at radius 3 is 2.90 bits per heavy atom. The zero-order valence-corrected chi connectivity index (χ0v) is 13.2. The number of halogens is 3. The summed E-state index contributed by atoms with van der Waals surface area (Å²) in [5.41, 5.74) is 1.47. The first-order chi connectivity index (χ1) is 10.2. The quantitative estimate of drug-likeness (QED) is 0.644. The Kier molecular flexibility index (Phi) is 4.21. The molecule has 1 aromatic carbocycles.